The molecule has 0 aliphatic rings. The molecular formula is C7H12OS. The summed E-state index contributed by atoms with van der Waals surface area (Å²) in [6.45, 7) is 4.07. The van der Waals surface area contributed by atoms with Gasteiger partial charge in [-0.3, -0.25) is 4.79 Å². The molecule has 0 atom stereocenters. The van der Waals surface area contributed by atoms with Crippen molar-refractivity contribution in [1.82, 2.24) is 0 Å². The molecule has 0 heterocycles. The summed E-state index contributed by atoms with van der Waals surface area (Å²) in [4.78, 5) is 10.3. The van der Waals surface area contributed by atoms with Gasteiger partial charge in [-0.2, -0.15) is 0 Å². The van der Waals surface area contributed by atoms with Gasteiger partial charge in [0.1, 0.15) is 0 Å². The minimum atomic E-state index is -0.0669. The van der Waals surface area contributed by atoms with Gasteiger partial charge in [0.2, 0.25) is 0 Å². The lowest BCUT2D eigenvalue weighted by molar-refractivity contribution is -0.110. The molecule has 9 heavy (non-hydrogen) atoms. The molecule has 0 aromatic heterocycles. The van der Waals surface area contributed by atoms with E-state index in [0.29, 0.717) is 6.42 Å². The summed E-state index contributed by atoms with van der Waals surface area (Å²) in [6, 6.07) is 0. The van der Waals surface area contributed by atoms with Crippen LogP contribution in [0, 0.1) is 0 Å². The summed E-state index contributed by atoms with van der Waals surface area (Å²) < 4.78 is 0. The molecule has 0 amide bonds. The van der Waals surface area contributed by atoms with Crippen LogP contribution in [0.5, 0.6) is 0 Å². The Labute approximate surface area is 61.6 Å². The fourth-order valence-corrected chi connectivity index (χ4v) is 0.497. The number of allylic oxidation sites excluding steroid dienone is 2. The average molecular weight is 144 g/mol. The van der Waals surface area contributed by atoms with Gasteiger partial charge in [0.15, 0.2) is 5.12 Å². The highest BCUT2D eigenvalue weighted by Gasteiger charge is 1.88. The van der Waals surface area contributed by atoms with E-state index in [2.05, 4.69) is 19.6 Å². The summed E-state index contributed by atoms with van der Waals surface area (Å²) in [5.41, 5.74) is 1.25. The molecule has 0 saturated heterocycles. The molecular weight excluding hydrogens is 132 g/mol. The quantitative estimate of drug-likeness (QED) is 0.474. The van der Waals surface area contributed by atoms with E-state index >= 15 is 0 Å². The first kappa shape index (κ1) is 8.76. The molecule has 0 fully saturated rings. The van der Waals surface area contributed by atoms with E-state index in [4.69, 9.17) is 0 Å². The summed E-state index contributed by atoms with van der Waals surface area (Å²) in [6.07, 6.45) is 3.39. The first-order valence-corrected chi connectivity index (χ1v) is 3.49. The van der Waals surface area contributed by atoms with Crippen LogP contribution in [0.2, 0.25) is 0 Å². The van der Waals surface area contributed by atoms with Gasteiger partial charge in [0.25, 0.3) is 0 Å². The van der Waals surface area contributed by atoms with Crippen molar-refractivity contribution in [2.45, 2.75) is 26.7 Å². The summed E-state index contributed by atoms with van der Waals surface area (Å²) in [5.74, 6) is 0. The van der Waals surface area contributed by atoms with Gasteiger partial charge in [-0.1, -0.05) is 18.6 Å². The minimum absolute atomic E-state index is 0.0669. The second-order valence-corrected chi connectivity index (χ2v) is 2.50. The second-order valence-electron chi connectivity index (χ2n) is 2.00. The van der Waals surface area contributed by atoms with E-state index in [1.54, 1.807) is 0 Å². The lowest BCUT2D eigenvalue weighted by Gasteiger charge is -1.90. The second kappa shape index (κ2) is 4.62. The van der Waals surface area contributed by atoms with Crippen LogP contribution in [-0.2, 0) is 4.79 Å². The lowest BCUT2D eigenvalue weighted by atomic mass is 10.2. The van der Waals surface area contributed by atoms with Crippen molar-refractivity contribution in [3.05, 3.63) is 11.6 Å². The zero-order valence-electron chi connectivity index (χ0n) is 5.85. The predicted molar refractivity (Wildman–Crippen MR) is 42.7 cm³/mol. The van der Waals surface area contributed by atoms with Crippen LogP contribution in [0.25, 0.3) is 0 Å². The normalized spacial score (nSPS) is 11.7. The monoisotopic (exact) mass is 144 g/mol. The minimum Gasteiger partial charge on any atom is -0.287 e. The fraction of sp³-hybridized carbons (Fsp3) is 0.571. The zero-order chi connectivity index (χ0) is 7.28. The highest BCUT2D eigenvalue weighted by Crippen LogP contribution is 2.00. The van der Waals surface area contributed by atoms with E-state index in [0.717, 1.165) is 6.42 Å². The first-order valence-electron chi connectivity index (χ1n) is 3.04. The van der Waals surface area contributed by atoms with E-state index in [1.807, 2.05) is 13.0 Å². The highest BCUT2D eigenvalue weighted by molar-refractivity contribution is 7.96. The van der Waals surface area contributed by atoms with Crippen molar-refractivity contribution in [2.75, 3.05) is 0 Å². The van der Waals surface area contributed by atoms with E-state index in [-0.39, 0.29) is 5.12 Å². The van der Waals surface area contributed by atoms with Gasteiger partial charge in [-0.15, -0.1) is 12.6 Å². The van der Waals surface area contributed by atoms with E-state index in [1.165, 1.54) is 5.57 Å². The topological polar surface area (TPSA) is 17.1 Å². The summed E-state index contributed by atoms with van der Waals surface area (Å²) >= 11 is 3.63. The van der Waals surface area contributed by atoms with Crippen LogP contribution >= 0.6 is 12.6 Å². The molecule has 52 valence electrons. The Balaban J connectivity index is 3.56. The molecule has 0 N–H and O–H groups in total. The molecule has 0 radical (unpaired) electrons. The Hall–Kier alpha value is -0.240. The third-order valence-corrected chi connectivity index (χ3v) is 1.37. The average Bonchev–Trinajstić information content (AvgIpc) is 1.83. The van der Waals surface area contributed by atoms with Crippen molar-refractivity contribution in [2.24, 2.45) is 0 Å². The van der Waals surface area contributed by atoms with Gasteiger partial charge in [0.05, 0.1) is 0 Å². The molecule has 0 spiro atoms. The Morgan fingerprint density at radius 3 is 2.56 bits per heavy atom. The van der Waals surface area contributed by atoms with Crippen LogP contribution < -0.4 is 0 Å². The third kappa shape index (κ3) is 5.63. The molecule has 0 saturated carbocycles. The summed E-state index contributed by atoms with van der Waals surface area (Å²) in [7, 11) is 0. The van der Waals surface area contributed by atoms with Crippen LogP contribution in [0.3, 0.4) is 0 Å². The Morgan fingerprint density at radius 2 is 2.22 bits per heavy atom. The van der Waals surface area contributed by atoms with E-state index < -0.39 is 0 Å². The first-order chi connectivity index (χ1) is 4.16. The SMILES string of the molecule is CC/C(C)=C/CC(=O)S. The summed E-state index contributed by atoms with van der Waals surface area (Å²) in [5, 5.41) is -0.0669. The van der Waals surface area contributed by atoms with Crippen molar-refractivity contribution in [3.8, 4) is 0 Å². The maximum atomic E-state index is 10.3. The molecule has 2 heteroatoms. The molecule has 0 aromatic rings. The number of carbonyl (C=O) groups is 1. The highest BCUT2D eigenvalue weighted by atomic mass is 32.1. The number of hydrogen-bond acceptors (Lipinski definition) is 1. The van der Waals surface area contributed by atoms with Crippen molar-refractivity contribution < 1.29 is 4.79 Å². The number of thiol groups is 1. The third-order valence-electron chi connectivity index (χ3n) is 1.18. The zero-order valence-corrected chi connectivity index (χ0v) is 6.74. The van der Waals surface area contributed by atoms with Crippen LogP contribution in [0.4, 0.5) is 0 Å². The molecule has 0 aromatic carbocycles. The molecule has 0 rings (SSSR count). The van der Waals surface area contributed by atoms with Gasteiger partial charge in [0, 0.05) is 6.42 Å². The number of carbonyl (C=O) groups excluding carboxylic acids is 1. The van der Waals surface area contributed by atoms with E-state index in [9.17, 15) is 4.79 Å². The maximum Gasteiger partial charge on any atom is 0.189 e. The van der Waals surface area contributed by atoms with Gasteiger partial charge in [-0.05, 0) is 13.3 Å². The molecule has 0 unspecified atom stereocenters. The van der Waals surface area contributed by atoms with Crippen molar-refractivity contribution in [1.29, 1.82) is 0 Å². The number of hydrogen-bond donors (Lipinski definition) is 1. The van der Waals surface area contributed by atoms with Crippen LogP contribution in [-0.4, -0.2) is 5.12 Å². The van der Waals surface area contributed by atoms with Crippen LogP contribution in [0.15, 0.2) is 11.6 Å². The predicted octanol–water partition coefficient (Wildman–Crippen LogP) is 2.19. The Kier molecular flexibility index (Phi) is 4.50. The van der Waals surface area contributed by atoms with Crippen LogP contribution in [0.1, 0.15) is 26.7 Å². The maximum absolute atomic E-state index is 10.3. The number of rotatable bonds is 3. The van der Waals surface area contributed by atoms with Gasteiger partial charge >= 0.3 is 0 Å². The Bertz CT molecular complexity index is 127. The lowest BCUT2D eigenvalue weighted by Crippen LogP contribution is -1.81. The van der Waals surface area contributed by atoms with Crippen molar-refractivity contribution >= 4 is 17.7 Å². The molecule has 0 bridgehead atoms. The molecule has 0 aliphatic heterocycles. The molecule has 0 aliphatic carbocycles. The molecule has 1 nitrogen and oxygen atoms in total. The van der Waals surface area contributed by atoms with Crippen molar-refractivity contribution in [3.63, 3.8) is 0 Å². The smallest absolute Gasteiger partial charge is 0.189 e. The van der Waals surface area contributed by atoms with Gasteiger partial charge < -0.3 is 0 Å². The fourth-order valence-electron chi connectivity index (χ4n) is 0.406. The standard InChI is InChI=1S/C7H12OS/c1-3-6(2)4-5-7(8)9/h4H,3,5H2,1-2H3,(H,8,9)/b6-4+. The Morgan fingerprint density at radius 1 is 1.67 bits per heavy atom. The largest absolute Gasteiger partial charge is 0.287 e. The van der Waals surface area contributed by atoms with Gasteiger partial charge in [-0.25, -0.2) is 0 Å².